The van der Waals surface area contributed by atoms with E-state index in [1.807, 2.05) is 6.07 Å². The van der Waals surface area contributed by atoms with Gasteiger partial charge in [0.15, 0.2) is 0 Å². The van der Waals surface area contributed by atoms with E-state index in [1.165, 1.54) is 0 Å². The molecule has 0 saturated heterocycles. The van der Waals surface area contributed by atoms with Crippen molar-refractivity contribution >= 4 is 12.0 Å². The lowest BCUT2D eigenvalue weighted by Gasteiger charge is -2.01. The molecule has 0 unspecified atom stereocenters. The molecule has 0 aliphatic heterocycles. The van der Waals surface area contributed by atoms with Gasteiger partial charge >= 0.3 is 6.18 Å². The zero-order chi connectivity index (χ0) is 10.4. The number of rotatable bonds is 3. The fraction of sp³-hybridized carbons (Fsp3) is 0.222. The van der Waals surface area contributed by atoms with Crippen molar-refractivity contribution in [2.45, 2.75) is 6.18 Å². The SMILES string of the molecule is FC(F)(F)CN=CNc1ccccc1. The Morgan fingerprint density at radius 2 is 1.86 bits per heavy atom. The molecule has 0 amide bonds. The molecule has 0 atom stereocenters. The normalized spacial score (nSPS) is 11.9. The summed E-state index contributed by atoms with van der Waals surface area (Å²) in [6.07, 6.45) is -3.20. The molecular formula is C9H9F3N2. The minimum Gasteiger partial charge on any atom is -0.347 e. The van der Waals surface area contributed by atoms with Gasteiger partial charge in [-0.15, -0.1) is 0 Å². The van der Waals surface area contributed by atoms with Gasteiger partial charge in [-0.1, -0.05) is 18.2 Å². The van der Waals surface area contributed by atoms with E-state index < -0.39 is 12.7 Å². The number of para-hydroxylation sites is 1. The van der Waals surface area contributed by atoms with Gasteiger partial charge in [0.2, 0.25) is 0 Å². The van der Waals surface area contributed by atoms with E-state index in [0.717, 1.165) is 6.34 Å². The van der Waals surface area contributed by atoms with Crippen LogP contribution in [0.4, 0.5) is 18.9 Å². The molecule has 1 aromatic rings. The molecule has 0 spiro atoms. The van der Waals surface area contributed by atoms with Crippen molar-refractivity contribution in [1.82, 2.24) is 0 Å². The summed E-state index contributed by atoms with van der Waals surface area (Å²) in [4.78, 5) is 3.18. The van der Waals surface area contributed by atoms with Crippen molar-refractivity contribution in [3.8, 4) is 0 Å². The highest BCUT2D eigenvalue weighted by molar-refractivity contribution is 5.75. The molecule has 0 aliphatic rings. The van der Waals surface area contributed by atoms with E-state index in [0.29, 0.717) is 5.69 Å². The average Bonchev–Trinajstić information content (AvgIpc) is 2.13. The molecule has 5 heteroatoms. The van der Waals surface area contributed by atoms with Crippen LogP contribution in [0.5, 0.6) is 0 Å². The Balaban J connectivity index is 2.35. The van der Waals surface area contributed by atoms with Crippen LogP contribution < -0.4 is 5.32 Å². The Labute approximate surface area is 79.5 Å². The van der Waals surface area contributed by atoms with Gasteiger partial charge in [-0.3, -0.25) is 4.99 Å². The van der Waals surface area contributed by atoms with E-state index in [9.17, 15) is 13.2 Å². The maximum absolute atomic E-state index is 11.6. The molecule has 76 valence electrons. The van der Waals surface area contributed by atoms with Gasteiger partial charge in [0, 0.05) is 5.69 Å². The van der Waals surface area contributed by atoms with E-state index in [1.54, 1.807) is 24.3 Å². The maximum atomic E-state index is 11.6. The topological polar surface area (TPSA) is 24.4 Å². The van der Waals surface area contributed by atoms with E-state index in [-0.39, 0.29) is 0 Å². The molecule has 0 fully saturated rings. The summed E-state index contributed by atoms with van der Waals surface area (Å²) >= 11 is 0. The first-order valence-electron chi connectivity index (χ1n) is 3.94. The Kier molecular flexibility index (Phi) is 3.50. The second-order valence-electron chi connectivity index (χ2n) is 2.60. The maximum Gasteiger partial charge on any atom is 0.408 e. The average molecular weight is 202 g/mol. The summed E-state index contributed by atoms with van der Waals surface area (Å²) in [6, 6.07) is 8.84. The van der Waals surface area contributed by atoms with Gasteiger partial charge in [-0.05, 0) is 12.1 Å². The number of anilines is 1. The molecule has 0 saturated carbocycles. The predicted molar refractivity (Wildman–Crippen MR) is 49.5 cm³/mol. The summed E-state index contributed by atoms with van der Waals surface area (Å²) < 4.78 is 34.9. The monoisotopic (exact) mass is 202 g/mol. The van der Waals surface area contributed by atoms with Crippen molar-refractivity contribution in [2.75, 3.05) is 11.9 Å². The highest BCUT2D eigenvalue weighted by Crippen LogP contribution is 2.13. The van der Waals surface area contributed by atoms with Crippen LogP contribution in [0.3, 0.4) is 0 Å². The summed E-state index contributed by atoms with van der Waals surface area (Å²) in [5, 5.41) is 2.63. The molecule has 0 aliphatic carbocycles. The third-order valence-electron chi connectivity index (χ3n) is 1.37. The van der Waals surface area contributed by atoms with Crippen LogP contribution in [0.2, 0.25) is 0 Å². The van der Waals surface area contributed by atoms with Crippen molar-refractivity contribution in [3.63, 3.8) is 0 Å². The van der Waals surface area contributed by atoms with Gasteiger partial charge in [-0.2, -0.15) is 13.2 Å². The zero-order valence-electron chi connectivity index (χ0n) is 7.25. The van der Waals surface area contributed by atoms with Gasteiger partial charge in [0.25, 0.3) is 0 Å². The van der Waals surface area contributed by atoms with Crippen LogP contribution in [0.1, 0.15) is 0 Å². The van der Waals surface area contributed by atoms with Crippen molar-refractivity contribution in [2.24, 2.45) is 4.99 Å². The summed E-state index contributed by atoms with van der Waals surface area (Å²) in [6.45, 7) is -1.16. The number of hydrogen-bond donors (Lipinski definition) is 1. The first-order valence-corrected chi connectivity index (χ1v) is 3.94. The molecular weight excluding hydrogens is 193 g/mol. The number of aliphatic imine (C=N–C) groups is 1. The van der Waals surface area contributed by atoms with Crippen molar-refractivity contribution in [1.29, 1.82) is 0 Å². The zero-order valence-corrected chi connectivity index (χ0v) is 7.25. The van der Waals surface area contributed by atoms with E-state index in [4.69, 9.17) is 0 Å². The first kappa shape index (κ1) is 10.6. The van der Waals surface area contributed by atoms with Gasteiger partial charge in [0.05, 0.1) is 6.34 Å². The van der Waals surface area contributed by atoms with E-state index in [2.05, 4.69) is 10.3 Å². The third kappa shape index (κ3) is 4.49. The Hall–Kier alpha value is -1.52. The van der Waals surface area contributed by atoms with E-state index >= 15 is 0 Å². The molecule has 1 N–H and O–H groups in total. The smallest absolute Gasteiger partial charge is 0.347 e. The second kappa shape index (κ2) is 4.64. The third-order valence-corrected chi connectivity index (χ3v) is 1.37. The van der Waals surface area contributed by atoms with Crippen LogP contribution in [0.25, 0.3) is 0 Å². The molecule has 1 aromatic carbocycles. The molecule has 1 rings (SSSR count). The van der Waals surface area contributed by atoms with Crippen LogP contribution in [0.15, 0.2) is 35.3 Å². The number of nitrogens with zero attached hydrogens (tertiary/aromatic N) is 1. The van der Waals surface area contributed by atoms with Crippen LogP contribution in [0, 0.1) is 0 Å². The molecule has 2 nitrogen and oxygen atoms in total. The van der Waals surface area contributed by atoms with Crippen molar-refractivity contribution < 1.29 is 13.2 Å². The number of halogens is 3. The predicted octanol–water partition coefficient (Wildman–Crippen LogP) is 2.69. The lowest BCUT2D eigenvalue weighted by molar-refractivity contribution is -0.118. The fourth-order valence-corrected chi connectivity index (χ4v) is 0.804. The fourth-order valence-electron chi connectivity index (χ4n) is 0.804. The molecule has 0 heterocycles. The summed E-state index contributed by atoms with van der Waals surface area (Å²) in [5.74, 6) is 0. The number of benzene rings is 1. The first-order chi connectivity index (χ1) is 6.58. The lowest BCUT2D eigenvalue weighted by Crippen LogP contribution is -2.12. The number of nitrogens with one attached hydrogen (secondary N) is 1. The molecule has 0 radical (unpaired) electrons. The standard InChI is InChI=1S/C9H9F3N2/c10-9(11,12)6-13-7-14-8-4-2-1-3-5-8/h1-5,7H,6H2,(H,13,14). The van der Waals surface area contributed by atoms with Gasteiger partial charge in [-0.25, -0.2) is 0 Å². The number of hydrogen-bond acceptors (Lipinski definition) is 1. The molecule has 0 aromatic heterocycles. The van der Waals surface area contributed by atoms with Crippen LogP contribution >= 0.6 is 0 Å². The highest BCUT2D eigenvalue weighted by Gasteiger charge is 2.25. The van der Waals surface area contributed by atoms with Gasteiger partial charge in [0.1, 0.15) is 6.54 Å². The Bertz CT molecular complexity index is 293. The molecule has 0 bridgehead atoms. The minimum absolute atomic E-state index is 0.707. The van der Waals surface area contributed by atoms with Crippen LogP contribution in [-0.2, 0) is 0 Å². The Morgan fingerprint density at radius 1 is 1.21 bits per heavy atom. The second-order valence-corrected chi connectivity index (χ2v) is 2.60. The van der Waals surface area contributed by atoms with Crippen LogP contribution in [-0.4, -0.2) is 19.1 Å². The summed E-state index contributed by atoms with van der Waals surface area (Å²) in [7, 11) is 0. The highest BCUT2D eigenvalue weighted by atomic mass is 19.4. The van der Waals surface area contributed by atoms with Crippen molar-refractivity contribution in [3.05, 3.63) is 30.3 Å². The number of alkyl halides is 3. The Morgan fingerprint density at radius 3 is 2.43 bits per heavy atom. The quantitative estimate of drug-likeness (QED) is 0.591. The lowest BCUT2D eigenvalue weighted by atomic mass is 10.3. The largest absolute Gasteiger partial charge is 0.408 e. The summed E-state index contributed by atoms with van der Waals surface area (Å²) in [5.41, 5.74) is 0.707. The van der Waals surface area contributed by atoms with Gasteiger partial charge < -0.3 is 5.32 Å². The molecule has 14 heavy (non-hydrogen) atoms. The minimum atomic E-state index is -4.24.